The molecule has 0 radical (unpaired) electrons. The Balaban J connectivity index is 1.98. The van der Waals surface area contributed by atoms with Crippen molar-refractivity contribution in [2.75, 3.05) is 45.9 Å². The fourth-order valence-electron chi connectivity index (χ4n) is 2.59. The summed E-state index contributed by atoms with van der Waals surface area (Å²) in [4.78, 5) is 16.2. The van der Waals surface area contributed by atoms with Gasteiger partial charge in [0.05, 0.1) is 25.5 Å². The van der Waals surface area contributed by atoms with Gasteiger partial charge in [-0.15, -0.1) is 0 Å². The Labute approximate surface area is 126 Å². The van der Waals surface area contributed by atoms with Crippen LogP contribution in [0.2, 0.25) is 0 Å². The van der Waals surface area contributed by atoms with Gasteiger partial charge in [0.1, 0.15) is 5.76 Å². The largest absolute Gasteiger partial charge is 0.468 e. The highest BCUT2D eigenvalue weighted by Gasteiger charge is 2.25. The molecule has 1 aromatic rings. The molecule has 118 valence electrons. The molecule has 2 rings (SSSR count). The van der Waals surface area contributed by atoms with Gasteiger partial charge < -0.3 is 19.4 Å². The normalized spacial score (nSPS) is 17.4. The van der Waals surface area contributed by atoms with Crippen LogP contribution in [0.15, 0.2) is 22.8 Å². The zero-order valence-corrected chi connectivity index (χ0v) is 12.9. The Morgan fingerprint density at radius 1 is 1.38 bits per heavy atom. The maximum absolute atomic E-state index is 12.1. The minimum atomic E-state index is -0.0233. The highest BCUT2D eigenvalue weighted by Crippen LogP contribution is 2.21. The molecule has 1 atom stereocenters. The molecule has 0 aliphatic carbocycles. The van der Waals surface area contributed by atoms with Gasteiger partial charge in [-0.25, -0.2) is 4.79 Å². The third-order valence-electron chi connectivity index (χ3n) is 3.86. The first-order valence-corrected chi connectivity index (χ1v) is 7.64. The Morgan fingerprint density at radius 3 is 2.67 bits per heavy atom. The van der Waals surface area contributed by atoms with Crippen molar-refractivity contribution in [2.24, 2.45) is 0 Å². The number of urea groups is 1. The van der Waals surface area contributed by atoms with E-state index in [0.29, 0.717) is 19.6 Å². The Kier molecular flexibility index (Phi) is 6.07. The van der Waals surface area contributed by atoms with E-state index in [4.69, 9.17) is 9.15 Å². The third kappa shape index (κ3) is 4.22. The van der Waals surface area contributed by atoms with Crippen LogP contribution in [-0.4, -0.2) is 61.8 Å². The second-order valence-corrected chi connectivity index (χ2v) is 5.04. The minimum absolute atomic E-state index is 0.0233. The fourth-order valence-corrected chi connectivity index (χ4v) is 2.59. The van der Waals surface area contributed by atoms with Crippen molar-refractivity contribution in [2.45, 2.75) is 19.9 Å². The zero-order valence-electron chi connectivity index (χ0n) is 12.9. The molecule has 1 aromatic heterocycles. The van der Waals surface area contributed by atoms with Crippen molar-refractivity contribution in [3.05, 3.63) is 24.2 Å². The number of carbonyl (C=O) groups is 1. The smallest absolute Gasteiger partial charge is 0.317 e. The molecule has 1 fully saturated rings. The second-order valence-electron chi connectivity index (χ2n) is 5.04. The van der Waals surface area contributed by atoms with Gasteiger partial charge in [-0.2, -0.15) is 0 Å². The van der Waals surface area contributed by atoms with Crippen LogP contribution in [0.4, 0.5) is 4.79 Å². The summed E-state index contributed by atoms with van der Waals surface area (Å²) in [6, 6.07) is 3.88. The topological polar surface area (TPSA) is 58.0 Å². The number of rotatable bonds is 6. The number of amides is 2. The van der Waals surface area contributed by atoms with E-state index in [9.17, 15) is 4.79 Å². The van der Waals surface area contributed by atoms with E-state index in [1.807, 2.05) is 26.0 Å². The molecule has 1 unspecified atom stereocenters. The maximum atomic E-state index is 12.1. The monoisotopic (exact) mass is 295 g/mol. The van der Waals surface area contributed by atoms with Crippen LogP contribution in [0.1, 0.15) is 25.6 Å². The maximum Gasteiger partial charge on any atom is 0.317 e. The molecule has 6 heteroatoms. The highest BCUT2D eigenvalue weighted by atomic mass is 16.5. The highest BCUT2D eigenvalue weighted by molar-refractivity contribution is 5.74. The minimum Gasteiger partial charge on any atom is -0.468 e. The third-order valence-corrected chi connectivity index (χ3v) is 3.86. The number of furan rings is 1. The lowest BCUT2D eigenvalue weighted by Crippen LogP contribution is -2.46. The van der Waals surface area contributed by atoms with Crippen molar-refractivity contribution in [1.29, 1.82) is 0 Å². The van der Waals surface area contributed by atoms with Crippen molar-refractivity contribution in [3.63, 3.8) is 0 Å². The van der Waals surface area contributed by atoms with Crippen molar-refractivity contribution in [1.82, 2.24) is 15.1 Å². The number of hydrogen-bond donors (Lipinski definition) is 1. The van der Waals surface area contributed by atoms with Gasteiger partial charge in [0, 0.05) is 32.7 Å². The summed E-state index contributed by atoms with van der Waals surface area (Å²) >= 11 is 0. The number of ether oxygens (including phenoxy) is 1. The summed E-state index contributed by atoms with van der Waals surface area (Å²) < 4.78 is 10.9. The van der Waals surface area contributed by atoms with Crippen molar-refractivity contribution in [3.8, 4) is 0 Å². The molecule has 6 nitrogen and oxygen atoms in total. The molecule has 2 heterocycles. The van der Waals surface area contributed by atoms with Crippen LogP contribution < -0.4 is 5.32 Å². The summed E-state index contributed by atoms with van der Waals surface area (Å²) in [6.45, 7) is 9.09. The van der Waals surface area contributed by atoms with Crippen LogP contribution in [-0.2, 0) is 4.74 Å². The predicted octanol–water partition coefficient (Wildman–Crippen LogP) is 1.70. The molecule has 21 heavy (non-hydrogen) atoms. The molecule has 0 bridgehead atoms. The second kappa shape index (κ2) is 8.05. The summed E-state index contributed by atoms with van der Waals surface area (Å²) in [6.07, 6.45) is 1.68. The van der Waals surface area contributed by atoms with Crippen LogP contribution in [0.3, 0.4) is 0 Å². The summed E-state index contributed by atoms with van der Waals surface area (Å²) in [5.74, 6) is 0.886. The molecule has 0 spiro atoms. The first kappa shape index (κ1) is 15.9. The molecule has 1 aliphatic heterocycles. The van der Waals surface area contributed by atoms with Gasteiger partial charge in [-0.05, 0) is 26.0 Å². The zero-order chi connectivity index (χ0) is 15.1. The lowest BCUT2D eigenvalue weighted by molar-refractivity contribution is 0.0121. The summed E-state index contributed by atoms with van der Waals surface area (Å²) in [5, 5.41) is 3.01. The Bertz CT molecular complexity index is 412. The van der Waals surface area contributed by atoms with Gasteiger partial charge in [0.25, 0.3) is 0 Å². The van der Waals surface area contributed by atoms with Crippen molar-refractivity contribution < 1.29 is 13.9 Å². The van der Waals surface area contributed by atoms with E-state index in [2.05, 4.69) is 10.2 Å². The standard InChI is InChI=1S/C15H25N3O3/c1-3-17(4-2)15(19)16-12-13(14-6-5-9-21-14)18-7-10-20-11-8-18/h5-6,9,13H,3-4,7-8,10-12H2,1-2H3,(H,16,19). The van der Waals surface area contributed by atoms with Gasteiger partial charge in [0.2, 0.25) is 0 Å². The average molecular weight is 295 g/mol. The quantitative estimate of drug-likeness (QED) is 0.868. The van der Waals surface area contributed by atoms with Crippen LogP contribution in [0, 0.1) is 0 Å². The molecule has 2 amide bonds. The van der Waals surface area contributed by atoms with E-state index >= 15 is 0 Å². The molecule has 1 aliphatic rings. The van der Waals surface area contributed by atoms with Gasteiger partial charge in [-0.3, -0.25) is 4.90 Å². The molecule has 1 N–H and O–H groups in total. The fraction of sp³-hybridized carbons (Fsp3) is 0.667. The predicted molar refractivity (Wildman–Crippen MR) is 80.2 cm³/mol. The lowest BCUT2D eigenvalue weighted by atomic mass is 10.1. The number of morpholine rings is 1. The van der Waals surface area contributed by atoms with E-state index in [1.54, 1.807) is 11.2 Å². The van der Waals surface area contributed by atoms with Crippen LogP contribution in [0.5, 0.6) is 0 Å². The number of carbonyl (C=O) groups excluding carboxylic acids is 1. The van der Waals surface area contributed by atoms with Crippen molar-refractivity contribution >= 4 is 6.03 Å². The molecule has 0 aromatic carbocycles. The van der Waals surface area contributed by atoms with E-state index in [1.165, 1.54) is 0 Å². The Morgan fingerprint density at radius 2 is 2.10 bits per heavy atom. The SMILES string of the molecule is CCN(CC)C(=O)NCC(c1ccco1)N1CCOCC1. The molecular weight excluding hydrogens is 270 g/mol. The lowest BCUT2D eigenvalue weighted by Gasteiger charge is -2.33. The Hall–Kier alpha value is -1.53. The summed E-state index contributed by atoms with van der Waals surface area (Å²) in [5.41, 5.74) is 0. The van der Waals surface area contributed by atoms with E-state index < -0.39 is 0 Å². The summed E-state index contributed by atoms with van der Waals surface area (Å²) in [7, 11) is 0. The number of nitrogens with one attached hydrogen (secondary N) is 1. The molecule has 1 saturated heterocycles. The molecular formula is C15H25N3O3. The number of hydrogen-bond acceptors (Lipinski definition) is 4. The van der Waals surface area contributed by atoms with Gasteiger partial charge in [0.15, 0.2) is 0 Å². The first-order valence-electron chi connectivity index (χ1n) is 7.64. The van der Waals surface area contributed by atoms with E-state index in [0.717, 1.165) is 32.1 Å². The first-order chi connectivity index (χ1) is 10.3. The molecule has 0 saturated carbocycles. The van der Waals surface area contributed by atoms with Gasteiger partial charge in [-0.1, -0.05) is 0 Å². The van der Waals surface area contributed by atoms with Gasteiger partial charge >= 0.3 is 6.03 Å². The van der Waals surface area contributed by atoms with E-state index in [-0.39, 0.29) is 12.1 Å². The van der Waals surface area contributed by atoms with Crippen LogP contribution >= 0.6 is 0 Å². The number of nitrogens with zero attached hydrogens (tertiary/aromatic N) is 2. The van der Waals surface area contributed by atoms with Crippen LogP contribution in [0.25, 0.3) is 0 Å². The average Bonchev–Trinajstić information content (AvgIpc) is 3.04.